The second kappa shape index (κ2) is 9.20. The zero-order valence-corrected chi connectivity index (χ0v) is 18.9. The van der Waals surface area contributed by atoms with Crippen LogP contribution in [0.5, 0.6) is 5.75 Å². The molecule has 1 fully saturated rings. The molecule has 4 rings (SSSR count). The van der Waals surface area contributed by atoms with Gasteiger partial charge in [-0.05, 0) is 53.7 Å². The Kier molecular flexibility index (Phi) is 6.36. The Bertz CT molecular complexity index is 1310. The van der Waals surface area contributed by atoms with Crippen LogP contribution in [-0.4, -0.2) is 24.5 Å². The number of para-hydroxylation sites is 1. The maximum absolute atomic E-state index is 12.8. The highest BCUT2D eigenvalue weighted by molar-refractivity contribution is 8.18. The fourth-order valence-electron chi connectivity index (χ4n) is 2.99. The van der Waals surface area contributed by atoms with E-state index in [1.54, 1.807) is 18.2 Å². The van der Waals surface area contributed by atoms with Crippen LogP contribution in [0.3, 0.4) is 0 Å². The molecule has 1 saturated heterocycles. The van der Waals surface area contributed by atoms with Crippen LogP contribution in [0.15, 0.2) is 88.7 Å². The Morgan fingerprint density at radius 1 is 0.906 bits per heavy atom. The van der Waals surface area contributed by atoms with Gasteiger partial charge in [-0.15, -0.1) is 0 Å². The monoisotopic (exact) mass is 485 g/mol. The van der Waals surface area contributed by atoms with Crippen LogP contribution in [0.4, 0.5) is 4.79 Å². The maximum Gasteiger partial charge on any atom is 0.339 e. The lowest BCUT2D eigenvalue weighted by Crippen LogP contribution is -2.27. The van der Waals surface area contributed by atoms with Gasteiger partial charge >= 0.3 is 10.1 Å². The largest absolute Gasteiger partial charge is 0.378 e. The van der Waals surface area contributed by atoms with Gasteiger partial charge in [-0.25, -0.2) is 0 Å². The van der Waals surface area contributed by atoms with Crippen molar-refractivity contribution < 1.29 is 22.2 Å². The van der Waals surface area contributed by atoms with Gasteiger partial charge in [0.05, 0.1) is 11.4 Å². The lowest BCUT2D eigenvalue weighted by Gasteiger charge is -2.12. The third-order valence-corrected chi connectivity index (χ3v) is 6.97. The number of hydrogen-bond acceptors (Lipinski definition) is 6. The van der Waals surface area contributed by atoms with Crippen LogP contribution in [0.25, 0.3) is 6.08 Å². The number of benzene rings is 3. The molecule has 0 saturated carbocycles. The van der Waals surface area contributed by atoms with E-state index in [2.05, 4.69) is 0 Å². The van der Waals surface area contributed by atoms with E-state index in [9.17, 15) is 18.0 Å². The van der Waals surface area contributed by atoms with Gasteiger partial charge in [-0.2, -0.15) is 8.42 Å². The van der Waals surface area contributed by atoms with Crippen molar-refractivity contribution in [3.63, 3.8) is 0 Å². The molecule has 0 atom stereocenters. The molecule has 0 aliphatic carbocycles. The molecule has 3 aromatic carbocycles. The molecule has 1 aliphatic rings. The van der Waals surface area contributed by atoms with Crippen LogP contribution < -0.4 is 4.18 Å². The van der Waals surface area contributed by atoms with Gasteiger partial charge in [0.25, 0.3) is 11.1 Å². The third-order valence-electron chi connectivity index (χ3n) is 4.56. The molecule has 3 aromatic rings. The number of carbonyl (C=O) groups excluding carboxylic acids is 2. The quantitative estimate of drug-likeness (QED) is 0.346. The SMILES string of the molecule is O=C1S/C(=C\c2ccccc2OS(=O)(=O)c2ccc(Cl)cc2)C(=O)N1Cc1ccccc1. The molecular formula is C23H16ClNO5S2. The fraction of sp³-hybridized carbons (Fsp3) is 0.0435. The minimum absolute atomic E-state index is 0.0392. The molecule has 0 N–H and O–H groups in total. The molecule has 0 unspecified atom stereocenters. The second-order valence-electron chi connectivity index (χ2n) is 6.78. The average molecular weight is 486 g/mol. The number of hydrogen-bond donors (Lipinski definition) is 0. The van der Waals surface area contributed by atoms with E-state index in [0.29, 0.717) is 10.6 Å². The van der Waals surface area contributed by atoms with E-state index >= 15 is 0 Å². The number of imide groups is 1. The van der Waals surface area contributed by atoms with Gasteiger partial charge in [0.15, 0.2) is 0 Å². The van der Waals surface area contributed by atoms with E-state index < -0.39 is 21.3 Å². The van der Waals surface area contributed by atoms with Gasteiger partial charge in [0.1, 0.15) is 10.6 Å². The maximum atomic E-state index is 12.8. The van der Waals surface area contributed by atoms with Gasteiger partial charge < -0.3 is 4.18 Å². The highest BCUT2D eigenvalue weighted by Crippen LogP contribution is 2.35. The Labute approximate surface area is 194 Å². The molecule has 162 valence electrons. The van der Waals surface area contributed by atoms with Gasteiger partial charge in [0.2, 0.25) is 0 Å². The van der Waals surface area contributed by atoms with Crippen LogP contribution >= 0.6 is 23.4 Å². The second-order valence-corrected chi connectivity index (χ2v) is 9.76. The fourth-order valence-corrected chi connectivity index (χ4v) is 4.90. The van der Waals surface area contributed by atoms with Crippen LogP contribution in [0, 0.1) is 0 Å². The normalized spacial score (nSPS) is 15.4. The van der Waals surface area contributed by atoms with Crippen LogP contribution in [-0.2, 0) is 21.5 Å². The summed E-state index contributed by atoms with van der Waals surface area (Å²) >= 11 is 6.62. The molecule has 1 aliphatic heterocycles. The standard InChI is InChI=1S/C23H16ClNO5S2/c24-18-10-12-19(13-11-18)32(28,29)30-20-9-5-4-8-17(20)14-21-22(26)25(23(27)31-21)15-16-6-2-1-3-7-16/h1-14H,15H2/b21-14-. The zero-order valence-electron chi connectivity index (χ0n) is 16.5. The molecule has 0 spiro atoms. The van der Waals surface area contributed by atoms with E-state index in [1.807, 2.05) is 30.3 Å². The van der Waals surface area contributed by atoms with Crippen molar-refractivity contribution >= 4 is 50.7 Å². The first-order chi connectivity index (χ1) is 15.3. The van der Waals surface area contributed by atoms with Crippen LogP contribution in [0.1, 0.15) is 11.1 Å². The number of carbonyl (C=O) groups is 2. The predicted octanol–water partition coefficient (Wildman–Crippen LogP) is 5.34. The van der Waals surface area contributed by atoms with Crippen molar-refractivity contribution in [2.45, 2.75) is 11.4 Å². The van der Waals surface area contributed by atoms with E-state index in [0.717, 1.165) is 22.2 Å². The van der Waals surface area contributed by atoms with Crippen molar-refractivity contribution in [1.82, 2.24) is 4.90 Å². The van der Waals surface area contributed by atoms with Crippen molar-refractivity contribution in [3.8, 4) is 5.75 Å². The smallest absolute Gasteiger partial charge is 0.339 e. The number of thioether (sulfide) groups is 1. The van der Waals surface area contributed by atoms with Crippen molar-refractivity contribution in [2.75, 3.05) is 0 Å². The highest BCUT2D eigenvalue weighted by atomic mass is 35.5. The molecule has 0 aromatic heterocycles. The summed E-state index contributed by atoms with van der Waals surface area (Å²) in [5, 5.41) is 0.00728. The summed E-state index contributed by atoms with van der Waals surface area (Å²) in [7, 11) is -4.12. The summed E-state index contributed by atoms with van der Waals surface area (Å²) in [6.45, 7) is 0.159. The Hall–Kier alpha value is -3.07. The van der Waals surface area contributed by atoms with Crippen molar-refractivity contribution in [3.05, 3.63) is 99.9 Å². The molecule has 0 radical (unpaired) electrons. The van der Waals surface area contributed by atoms with Crippen LogP contribution in [0.2, 0.25) is 5.02 Å². The molecule has 6 nitrogen and oxygen atoms in total. The van der Waals surface area contributed by atoms with Crippen molar-refractivity contribution in [2.24, 2.45) is 0 Å². The summed E-state index contributed by atoms with van der Waals surface area (Å²) in [5.41, 5.74) is 1.18. The Morgan fingerprint density at radius 2 is 1.56 bits per heavy atom. The lowest BCUT2D eigenvalue weighted by molar-refractivity contribution is -0.123. The van der Waals surface area contributed by atoms with Gasteiger partial charge in [-0.3, -0.25) is 14.5 Å². The summed E-state index contributed by atoms with van der Waals surface area (Å²) in [6, 6.07) is 21.2. The summed E-state index contributed by atoms with van der Waals surface area (Å²) < 4.78 is 30.6. The van der Waals surface area contributed by atoms with Crippen molar-refractivity contribution in [1.29, 1.82) is 0 Å². The first-order valence-corrected chi connectivity index (χ1v) is 12.0. The van der Waals surface area contributed by atoms with Gasteiger partial charge in [-0.1, -0.05) is 60.1 Å². The predicted molar refractivity (Wildman–Crippen MR) is 124 cm³/mol. The third kappa shape index (κ3) is 4.88. The average Bonchev–Trinajstić information content (AvgIpc) is 3.03. The zero-order chi connectivity index (χ0) is 22.7. The summed E-state index contributed by atoms with van der Waals surface area (Å²) in [5.74, 6) is -0.406. The van der Waals surface area contributed by atoms with Gasteiger partial charge in [0, 0.05) is 10.6 Å². The first kappa shape index (κ1) is 22.1. The molecular weight excluding hydrogens is 470 g/mol. The Morgan fingerprint density at radius 3 is 2.28 bits per heavy atom. The number of nitrogens with zero attached hydrogens (tertiary/aromatic N) is 1. The Balaban J connectivity index is 1.59. The molecule has 9 heteroatoms. The topological polar surface area (TPSA) is 80.8 Å². The van der Waals surface area contributed by atoms with E-state index in [-0.39, 0.29) is 22.1 Å². The number of halogens is 1. The molecule has 1 heterocycles. The lowest BCUT2D eigenvalue weighted by atomic mass is 10.2. The number of rotatable bonds is 6. The van der Waals surface area contributed by atoms with E-state index in [1.165, 1.54) is 36.4 Å². The summed E-state index contributed by atoms with van der Waals surface area (Å²) in [6.07, 6.45) is 1.46. The van der Waals surface area contributed by atoms with E-state index in [4.69, 9.17) is 15.8 Å². The molecule has 0 bridgehead atoms. The number of amides is 2. The minimum Gasteiger partial charge on any atom is -0.378 e. The summed E-state index contributed by atoms with van der Waals surface area (Å²) in [4.78, 5) is 26.5. The molecule has 32 heavy (non-hydrogen) atoms. The minimum atomic E-state index is -4.12. The highest BCUT2D eigenvalue weighted by Gasteiger charge is 2.35. The molecule has 2 amide bonds. The first-order valence-electron chi connectivity index (χ1n) is 9.42.